The third kappa shape index (κ3) is 7.13. The minimum atomic E-state index is -0.292. The van der Waals surface area contributed by atoms with Gasteiger partial charge >= 0.3 is 0 Å². The summed E-state index contributed by atoms with van der Waals surface area (Å²) in [6.45, 7) is 6.85. The topological polar surface area (TPSA) is 123 Å². The van der Waals surface area contributed by atoms with Crippen molar-refractivity contribution in [2.75, 3.05) is 47.2 Å². The van der Waals surface area contributed by atoms with Gasteiger partial charge in [-0.2, -0.15) is 4.99 Å². The van der Waals surface area contributed by atoms with Gasteiger partial charge in [0.05, 0.1) is 26.7 Å². The third-order valence-corrected chi connectivity index (χ3v) is 8.58. The molecule has 0 saturated carbocycles. The summed E-state index contributed by atoms with van der Waals surface area (Å²) >= 11 is 0. The van der Waals surface area contributed by atoms with Crippen LogP contribution in [0.5, 0.6) is 23.0 Å². The van der Waals surface area contributed by atoms with Crippen LogP contribution >= 0.6 is 0 Å². The lowest BCUT2D eigenvalue weighted by Gasteiger charge is -2.44. The Kier molecular flexibility index (Phi) is 9.50. The molecule has 1 aromatic heterocycles. The van der Waals surface area contributed by atoms with Gasteiger partial charge in [0.15, 0.2) is 23.0 Å². The summed E-state index contributed by atoms with van der Waals surface area (Å²) < 4.78 is 23.6. The van der Waals surface area contributed by atoms with E-state index in [2.05, 4.69) is 40.0 Å². The lowest BCUT2D eigenvalue weighted by atomic mass is 10.1. The van der Waals surface area contributed by atoms with Gasteiger partial charge in [-0.15, -0.1) is 0 Å². The van der Waals surface area contributed by atoms with Crippen molar-refractivity contribution in [3.05, 3.63) is 78.1 Å². The van der Waals surface area contributed by atoms with Crippen LogP contribution in [0.15, 0.2) is 72.0 Å². The minimum absolute atomic E-state index is 0.00883. The molecule has 3 aliphatic rings. The fourth-order valence-electron chi connectivity index (χ4n) is 6.05. The lowest BCUT2D eigenvalue weighted by molar-refractivity contribution is -0.134. The van der Waals surface area contributed by atoms with Crippen molar-refractivity contribution >= 4 is 17.8 Å². The molecule has 6 rings (SSSR count). The molecule has 0 aliphatic carbocycles. The Morgan fingerprint density at radius 3 is 2.60 bits per heavy atom. The van der Waals surface area contributed by atoms with Crippen molar-refractivity contribution in [3.8, 4) is 23.0 Å². The molecule has 3 aliphatic heterocycles. The predicted molar refractivity (Wildman–Crippen MR) is 174 cm³/mol. The van der Waals surface area contributed by atoms with Crippen LogP contribution in [0.25, 0.3) is 0 Å². The maximum Gasteiger partial charge on any atom is 0.231 e. The van der Waals surface area contributed by atoms with Crippen LogP contribution < -0.4 is 24.3 Å². The fourth-order valence-corrected chi connectivity index (χ4v) is 6.05. The average molecular weight is 644 g/mol. The normalized spacial score (nSPS) is 17.4. The molecule has 4 heterocycles. The van der Waals surface area contributed by atoms with Crippen molar-refractivity contribution in [3.63, 3.8) is 0 Å². The molecule has 47 heavy (non-hydrogen) atoms. The molecule has 0 radical (unpaired) electrons. The number of carbonyl (C=O) groups is 2. The van der Waals surface area contributed by atoms with Crippen molar-refractivity contribution < 1.29 is 28.5 Å². The number of rotatable bonds is 10. The number of imidazole rings is 1. The second kappa shape index (κ2) is 14.1. The Morgan fingerprint density at radius 2 is 1.83 bits per heavy atom. The van der Waals surface area contributed by atoms with Gasteiger partial charge in [0, 0.05) is 57.6 Å². The first kappa shape index (κ1) is 31.8. The number of methoxy groups -OCH3 is 2. The number of nitrogens with one attached hydrogen (secondary N) is 1. The molecule has 1 fully saturated rings. The Hall–Kier alpha value is -5.20. The second-order valence-electron chi connectivity index (χ2n) is 11.9. The molecule has 1 atom stereocenters. The van der Waals surface area contributed by atoms with Gasteiger partial charge < -0.3 is 39.0 Å². The summed E-state index contributed by atoms with van der Waals surface area (Å²) in [5.74, 6) is 3.97. The van der Waals surface area contributed by atoms with Gasteiger partial charge in [-0.25, -0.2) is 4.98 Å². The monoisotopic (exact) mass is 643 g/mol. The molecule has 13 nitrogen and oxygen atoms in total. The number of ether oxygens (including phenoxy) is 4. The zero-order valence-corrected chi connectivity index (χ0v) is 27.2. The highest BCUT2D eigenvalue weighted by atomic mass is 16.7. The quantitative estimate of drug-likeness (QED) is 0.355. The molecule has 0 bridgehead atoms. The van der Waals surface area contributed by atoms with Crippen LogP contribution in [0.1, 0.15) is 31.4 Å². The smallest absolute Gasteiger partial charge is 0.231 e. The van der Waals surface area contributed by atoms with Crippen LogP contribution in [0, 0.1) is 0 Å². The third-order valence-electron chi connectivity index (χ3n) is 8.58. The maximum atomic E-state index is 13.6. The zero-order chi connectivity index (χ0) is 32.9. The second-order valence-corrected chi connectivity index (χ2v) is 11.9. The number of aromatic nitrogens is 2. The first-order valence-corrected chi connectivity index (χ1v) is 15.8. The van der Waals surface area contributed by atoms with E-state index in [0.717, 1.165) is 22.9 Å². The van der Waals surface area contributed by atoms with E-state index in [1.807, 2.05) is 52.1 Å². The molecule has 3 aromatic rings. The zero-order valence-electron chi connectivity index (χ0n) is 27.2. The maximum absolute atomic E-state index is 13.6. The molecule has 0 spiro atoms. The molecule has 248 valence electrons. The summed E-state index contributed by atoms with van der Waals surface area (Å²) in [4.78, 5) is 42.5. The Labute approximate surface area is 274 Å². The number of benzene rings is 2. The van der Waals surface area contributed by atoms with E-state index in [-0.39, 0.29) is 43.5 Å². The molecule has 2 amide bonds. The molecular formula is C34H41N7O6. The number of aliphatic imine (C=N–C) groups is 1. The van der Waals surface area contributed by atoms with E-state index < -0.39 is 0 Å². The van der Waals surface area contributed by atoms with E-state index in [1.54, 1.807) is 26.7 Å². The van der Waals surface area contributed by atoms with Gasteiger partial charge in [-0.05, 0) is 55.3 Å². The van der Waals surface area contributed by atoms with E-state index in [0.29, 0.717) is 55.7 Å². The summed E-state index contributed by atoms with van der Waals surface area (Å²) in [6.07, 6.45) is 7.85. The summed E-state index contributed by atoms with van der Waals surface area (Å²) in [7, 11) is 3.17. The number of piperazine rings is 1. The minimum Gasteiger partial charge on any atom is -0.493 e. The highest BCUT2D eigenvalue weighted by Crippen LogP contribution is 2.33. The van der Waals surface area contributed by atoms with Crippen LogP contribution in [-0.4, -0.2) is 101 Å². The van der Waals surface area contributed by atoms with Gasteiger partial charge in [0.25, 0.3) is 0 Å². The highest BCUT2D eigenvalue weighted by molar-refractivity contribution is 5.84. The van der Waals surface area contributed by atoms with Crippen LogP contribution in [-0.2, 0) is 22.6 Å². The largest absolute Gasteiger partial charge is 0.493 e. The molecule has 13 heteroatoms. The van der Waals surface area contributed by atoms with Crippen molar-refractivity contribution in [1.29, 1.82) is 0 Å². The van der Waals surface area contributed by atoms with E-state index in [4.69, 9.17) is 23.9 Å². The van der Waals surface area contributed by atoms with Crippen LogP contribution in [0.4, 0.5) is 0 Å². The number of carbonyl (C=O) groups excluding carboxylic acids is 2. The van der Waals surface area contributed by atoms with E-state index in [9.17, 15) is 9.59 Å². The molecule has 1 saturated heterocycles. The Balaban J connectivity index is 1.19. The number of fused-ring (bicyclic) bond motifs is 1. The summed E-state index contributed by atoms with van der Waals surface area (Å²) in [6, 6.07) is 11.1. The van der Waals surface area contributed by atoms with Crippen LogP contribution in [0.2, 0.25) is 0 Å². The van der Waals surface area contributed by atoms with E-state index in [1.165, 1.54) is 0 Å². The first-order valence-electron chi connectivity index (χ1n) is 15.8. The lowest BCUT2D eigenvalue weighted by Crippen LogP contribution is -2.56. The average Bonchev–Trinajstić information content (AvgIpc) is 3.79. The van der Waals surface area contributed by atoms with Gasteiger partial charge in [0.1, 0.15) is 12.1 Å². The standard InChI is InChI=1S/C34H41N7O6/c1-23(2)40-11-9-31(37-34(40)39-12-10-35-21-39)41-14-13-38(33(43)17-24-5-8-28-30(15-24)47-22-46-28)20-26(41)18-32(42)36-19-25-6-7-27(44-3)29(16-25)45-4/h5-10,12,15-16,21,23,26H,11,13-14,17-20,22H2,1-4H3,(H,36,42). The first-order chi connectivity index (χ1) is 22.8. The number of amides is 2. The number of hydrogen-bond donors (Lipinski definition) is 1. The van der Waals surface area contributed by atoms with Gasteiger partial charge in [-0.1, -0.05) is 12.1 Å². The molecule has 2 aromatic carbocycles. The van der Waals surface area contributed by atoms with Crippen molar-refractivity contribution in [2.24, 2.45) is 4.99 Å². The van der Waals surface area contributed by atoms with Crippen LogP contribution in [0.3, 0.4) is 0 Å². The molecule has 1 unspecified atom stereocenters. The molecular weight excluding hydrogens is 602 g/mol. The summed E-state index contributed by atoms with van der Waals surface area (Å²) in [5, 5.41) is 3.05. The Bertz CT molecular complexity index is 1650. The van der Waals surface area contributed by atoms with Gasteiger partial charge in [0.2, 0.25) is 24.6 Å². The molecule has 1 N–H and O–H groups in total. The fraction of sp³-hybridized carbons (Fsp3) is 0.412. The SMILES string of the molecule is COc1ccc(CNC(=O)CC2CN(C(=O)Cc3ccc4c(c3)OCO4)CCN2C2=CCN(C(C)C)C(n3ccnc3)=N2)cc1OC. The van der Waals surface area contributed by atoms with Crippen molar-refractivity contribution in [2.45, 2.75) is 45.3 Å². The summed E-state index contributed by atoms with van der Waals surface area (Å²) in [5.41, 5.74) is 1.74. The van der Waals surface area contributed by atoms with Crippen molar-refractivity contribution in [1.82, 2.24) is 29.6 Å². The van der Waals surface area contributed by atoms with Gasteiger partial charge in [-0.3, -0.25) is 14.2 Å². The highest BCUT2D eigenvalue weighted by Gasteiger charge is 2.34. The number of nitrogens with zero attached hydrogens (tertiary/aromatic N) is 6. The van der Waals surface area contributed by atoms with E-state index >= 15 is 0 Å². The number of hydrogen-bond acceptors (Lipinski definition) is 10. The Morgan fingerprint density at radius 1 is 1.02 bits per heavy atom. The predicted octanol–water partition coefficient (Wildman–Crippen LogP) is 2.86.